The van der Waals surface area contributed by atoms with Crippen molar-refractivity contribution in [1.82, 2.24) is 5.32 Å². The zero-order chi connectivity index (χ0) is 14.2. The minimum absolute atomic E-state index is 0.0762. The summed E-state index contributed by atoms with van der Waals surface area (Å²) in [5.74, 6) is 0.0762. The van der Waals surface area contributed by atoms with Gasteiger partial charge < -0.3 is 10.2 Å². The number of carbonyl (C=O) groups excluding carboxylic acids is 1. The molecule has 1 N–H and O–H groups in total. The normalized spacial score (nSPS) is 10.2. The molecule has 1 aromatic carbocycles. The first kappa shape index (κ1) is 14.6. The Balaban J connectivity index is 1.78. The fourth-order valence-electron chi connectivity index (χ4n) is 2.03. The lowest BCUT2D eigenvalue weighted by atomic mass is 10.3. The zero-order valence-electron chi connectivity index (χ0n) is 11.7. The van der Waals surface area contributed by atoms with Crippen LogP contribution in [0.15, 0.2) is 47.8 Å². The number of likely N-dealkylation sites (N-methyl/N-ethyl adjacent to an activating group) is 1. The molecule has 0 radical (unpaired) electrons. The number of rotatable bonds is 7. The lowest BCUT2D eigenvalue weighted by Gasteiger charge is -2.22. The highest BCUT2D eigenvalue weighted by atomic mass is 32.1. The first-order chi connectivity index (χ1) is 9.79. The molecule has 0 bridgehead atoms. The summed E-state index contributed by atoms with van der Waals surface area (Å²) in [6.07, 6.45) is 0.904. The van der Waals surface area contributed by atoms with Crippen molar-refractivity contribution in [2.75, 3.05) is 24.5 Å². The highest BCUT2D eigenvalue weighted by Crippen LogP contribution is 2.12. The van der Waals surface area contributed by atoms with Gasteiger partial charge in [-0.1, -0.05) is 24.3 Å². The van der Waals surface area contributed by atoms with Gasteiger partial charge in [-0.25, -0.2) is 0 Å². The first-order valence-corrected chi connectivity index (χ1v) is 7.76. The van der Waals surface area contributed by atoms with Gasteiger partial charge in [0.05, 0.1) is 6.54 Å². The lowest BCUT2D eigenvalue weighted by molar-refractivity contribution is -0.119. The van der Waals surface area contributed by atoms with E-state index >= 15 is 0 Å². The summed E-state index contributed by atoms with van der Waals surface area (Å²) >= 11 is 1.73. The molecular weight excluding hydrogens is 268 g/mol. The fraction of sp³-hybridized carbons (Fsp3) is 0.312. The Morgan fingerprint density at radius 1 is 1.20 bits per heavy atom. The summed E-state index contributed by atoms with van der Waals surface area (Å²) in [4.78, 5) is 15.3. The molecule has 0 aliphatic rings. The SMILES string of the molecule is CCN(CC(=O)NCCc1cccs1)c1ccccc1. The van der Waals surface area contributed by atoms with E-state index in [0.29, 0.717) is 13.1 Å². The molecule has 0 unspecified atom stereocenters. The number of nitrogens with zero attached hydrogens (tertiary/aromatic N) is 1. The van der Waals surface area contributed by atoms with Gasteiger partial charge in [0.2, 0.25) is 5.91 Å². The second-order valence-electron chi connectivity index (χ2n) is 4.53. The molecule has 0 aliphatic heterocycles. The predicted octanol–water partition coefficient (Wildman–Crippen LogP) is 2.93. The molecule has 2 aromatic rings. The molecule has 4 heteroatoms. The van der Waals surface area contributed by atoms with Crippen LogP contribution < -0.4 is 10.2 Å². The van der Waals surface area contributed by atoms with Crippen molar-refractivity contribution in [2.45, 2.75) is 13.3 Å². The lowest BCUT2D eigenvalue weighted by Crippen LogP contribution is -2.38. The van der Waals surface area contributed by atoms with Gasteiger partial charge >= 0.3 is 0 Å². The van der Waals surface area contributed by atoms with Crippen LogP contribution in [0.5, 0.6) is 0 Å². The van der Waals surface area contributed by atoms with E-state index in [1.54, 1.807) is 11.3 Å². The van der Waals surface area contributed by atoms with E-state index in [0.717, 1.165) is 18.7 Å². The minimum Gasteiger partial charge on any atom is -0.363 e. The van der Waals surface area contributed by atoms with Gasteiger partial charge in [0.25, 0.3) is 0 Å². The van der Waals surface area contributed by atoms with Gasteiger partial charge in [-0.15, -0.1) is 11.3 Å². The average molecular weight is 288 g/mol. The number of carbonyl (C=O) groups is 1. The molecule has 20 heavy (non-hydrogen) atoms. The molecule has 0 saturated heterocycles. The molecule has 1 amide bonds. The summed E-state index contributed by atoms with van der Waals surface area (Å²) in [6.45, 7) is 3.99. The van der Waals surface area contributed by atoms with Gasteiger partial charge in [0.15, 0.2) is 0 Å². The Labute approximate surface area is 124 Å². The third kappa shape index (κ3) is 4.38. The average Bonchev–Trinajstić information content (AvgIpc) is 2.99. The monoisotopic (exact) mass is 288 g/mol. The molecule has 0 saturated carbocycles. The van der Waals surface area contributed by atoms with E-state index in [1.807, 2.05) is 36.4 Å². The Hall–Kier alpha value is -1.81. The molecule has 3 nitrogen and oxygen atoms in total. The van der Waals surface area contributed by atoms with Crippen molar-refractivity contribution in [3.8, 4) is 0 Å². The van der Waals surface area contributed by atoms with Crippen LogP contribution in [0.25, 0.3) is 0 Å². The van der Waals surface area contributed by atoms with Crippen molar-refractivity contribution >= 4 is 22.9 Å². The summed E-state index contributed by atoms with van der Waals surface area (Å²) in [7, 11) is 0. The molecule has 1 heterocycles. The summed E-state index contributed by atoms with van der Waals surface area (Å²) in [5, 5.41) is 5.04. The first-order valence-electron chi connectivity index (χ1n) is 6.88. The predicted molar refractivity (Wildman–Crippen MR) is 85.4 cm³/mol. The van der Waals surface area contributed by atoms with Crippen LogP contribution in [0.4, 0.5) is 5.69 Å². The van der Waals surface area contributed by atoms with Crippen molar-refractivity contribution < 1.29 is 4.79 Å². The number of para-hydroxylation sites is 1. The molecule has 0 spiro atoms. The highest BCUT2D eigenvalue weighted by molar-refractivity contribution is 7.09. The van der Waals surface area contributed by atoms with Gasteiger partial charge in [0, 0.05) is 23.7 Å². The largest absolute Gasteiger partial charge is 0.363 e. The van der Waals surface area contributed by atoms with E-state index in [1.165, 1.54) is 4.88 Å². The third-order valence-electron chi connectivity index (χ3n) is 3.11. The quantitative estimate of drug-likeness (QED) is 0.849. The maximum atomic E-state index is 12.0. The van der Waals surface area contributed by atoms with Gasteiger partial charge in [-0.05, 0) is 36.9 Å². The van der Waals surface area contributed by atoms with E-state index < -0.39 is 0 Å². The van der Waals surface area contributed by atoms with Crippen molar-refractivity contribution in [1.29, 1.82) is 0 Å². The van der Waals surface area contributed by atoms with Gasteiger partial charge in [0.1, 0.15) is 0 Å². The van der Waals surface area contributed by atoms with E-state index in [2.05, 4.69) is 28.6 Å². The number of hydrogen-bond donors (Lipinski definition) is 1. The molecule has 2 rings (SSSR count). The summed E-state index contributed by atoms with van der Waals surface area (Å²) < 4.78 is 0. The van der Waals surface area contributed by atoms with Crippen LogP contribution in [0.2, 0.25) is 0 Å². The number of hydrogen-bond acceptors (Lipinski definition) is 3. The zero-order valence-corrected chi connectivity index (χ0v) is 12.5. The standard InChI is InChI=1S/C16H20N2OS/c1-2-18(14-7-4-3-5-8-14)13-16(19)17-11-10-15-9-6-12-20-15/h3-9,12H,2,10-11,13H2,1H3,(H,17,19). The Morgan fingerprint density at radius 3 is 2.65 bits per heavy atom. The number of thiophene rings is 1. The fourth-order valence-corrected chi connectivity index (χ4v) is 2.74. The van der Waals surface area contributed by atoms with Crippen LogP contribution >= 0.6 is 11.3 Å². The van der Waals surface area contributed by atoms with Crippen LogP contribution in [0.3, 0.4) is 0 Å². The second-order valence-corrected chi connectivity index (χ2v) is 5.56. The molecular formula is C16H20N2OS. The van der Waals surface area contributed by atoms with Gasteiger partial charge in [-0.2, -0.15) is 0 Å². The van der Waals surface area contributed by atoms with Crippen molar-refractivity contribution in [2.24, 2.45) is 0 Å². The number of anilines is 1. The number of nitrogens with one attached hydrogen (secondary N) is 1. The molecule has 0 atom stereocenters. The van der Waals surface area contributed by atoms with Gasteiger partial charge in [-0.3, -0.25) is 4.79 Å². The second kappa shape index (κ2) is 7.70. The van der Waals surface area contributed by atoms with Crippen molar-refractivity contribution in [3.63, 3.8) is 0 Å². The van der Waals surface area contributed by atoms with E-state index in [9.17, 15) is 4.79 Å². The minimum atomic E-state index is 0.0762. The van der Waals surface area contributed by atoms with Crippen LogP contribution in [0.1, 0.15) is 11.8 Å². The maximum Gasteiger partial charge on any atom is 0.239 e. The van der Waals surface area contributed by atoms with E-state index in [-0.39, 0.29) is 5.91 Å². The van der Waals surface area contributed by atoms with E-state index in [4.69, 9.17) is 0 Å². The Bertz CT molecular complexity index is 511. The molecule has 0 aliphatic carbocycles. The Kier molecular flexibility index (Phi) is 5.62. The smallest absolute Gasteiger partial charge is 0.239 e. The number of amides is 1. The molecule has 106 valence electrons. The van der Waals surface area contributed by atoms with Crippen LogP contribution in [-0.2, 0) is 11.2 Å². The molecule has 0 fully saturated rings. The summed E-state index contributed by atoms with van der Waals surface area (Å²) in [5.41, 5.74) is 1.09. The Morgan fingerprint density at radius 2 is 2.00 bits per heavy atom. The van der Waals surface area contributed by atoms with Crippen LogP contribution in [-0.4, -0.2) is 25.5 Å². The summed E-state index contributed by atoms with van der Waals surface area (Å²) in [6, 6.07) is 14.2. The highest BCUT2D eigenvalue weighted by Gasteiger charge is 2.09. The van der Waals surface area contributed by atoms with Crippen molar-refractivity contribution in [3.05, 3.63) is 52.7 Å². The number of benzene rings is 1. The van der Waals surface area contributed by atoms with Crippen LogP contribution in [0, 0.1) is 0 Å². The topological polar surface area (TPSA) is 32.3 Å². The third-order valence-corrected chi connectivity index (χ3v) is 4.05. The maximum absolute atomic E-state index is 12.0. The molecule has 1 aromatic heterocycles.